The summed E-state index contributed by atoms with van der Waals surface area (Å²) >= 11 is 0. The van der Waals surface area contributed by atoms with Crippen molar-refractivity contribution in [3.63, 3.8) is 0 Å². The second-order valence-corrected chi connectivity index (χ2v) is 32.7. The zero-order chi connectivity index (χ0) is 78.8. The van der Waals surface area contributed by atoms with Crippen LogP contribution in [0.1, 0.15) is 454 Å². The van der Waals surface area contributed by atoms with Crippen LogP contribution in [0.2, 0.25) is 0 Å². The summed E-state index contributed by atoms with van der Waals surface area (Å²) in [7, 11) is -10.0. The van der Waals surface area contributed by atoms with E-state index < -0.39 is 65.0 Å². The summed E-state index contributed by atoms with van der Waals surface area (Å²) in [5.74, 6) is -3.67. The first kappa shape index (κ1) is 105. The van der Waals surface area contributed by atoms with E-state index in [1.54, 1.807) is 0 Å². The van der Waals surface area contributed by atoms with Gasteiger partial charge in [0.25, 0.3) is 0 Å². The summed E-state index contributed by atoms with van der Waals surface area (Å²) in [6, 6.07) is 7.21. The van der Waals surface area contributed by atoms with E-state index in [0.29, 0.717) is 25.7 Å². The van der Waals surface area contributed by atoms with Gasteiger partial charge in [-0.25, -0.2) is 36.0 Å². The van der Waals surface area contributed by atoms with E-state index in [2.05, 4.69) is 76.3 Å². The molecule has 0 aliphatic carbocycles. The molecule has 14 nitrogen and oxygen atoms in total. The first-order valence-corrected chi connectivity index (χ1v) is 46.9. The first-order chi connectivity index (χ1) is 52.6. The van der Waals surface area contributed by atoms with Gasteiger partial charge in [-0.3, -0.25) is 0 Å². The third kappa shape index (κ3) is 62.4. The average molecular weight is 1590 g/mol. The van der Waals surface area contributed by atoms with Crippen molar-refractivity contribution in [1.29, 1.82) is 0 Å². The van der Waals surface area contributed by atoms with Crippen LogP contribution in [0.5, 0.6) is 0 Å². The van der Waals surface area contributed by atoms with E-state index in [-0.39, 0.29) is 75.3 Å². The Labute approximate surface area is 696 Å². The molecule has 0 fully saturated rings. The van der Waals surface area contributed by atoms with Crippen LogP contribution in [0.25, 0.3) is 0 Å². The van der Waals surface area contributed by atoms with Gasteiger partial charge >= 0.3 is 61.6 Å². The second kappa shape index (κ2) is 77.0. The molecule has 0 heterocycles. The molecule has 109 heavy (non-hydrogen) atoms. The van der Waals surface area contributed by atoms with Gasteiger partial charge in [0.05, 0.1) is 58.5 Å². The predicted octanol–water partition coefficient (Wildman–Crippen LogP) is 27.1. The number of hydrogen-bond donors (Lipinski definition) is 0. The number of carbonyl (C=O) groups is 4. The van der Waals surface area contributed by atoms with Gasteiger partial charge in [-0.15, -0.1) is 0 Å². The Hall–Kier alpha value is -3.64. The number of hydrogen-bond acceptors (Lipinski definition) is 14. The first-order valence-electron chi connectivity index (χ1n) is 44.1. The number of esters is 4. The van der Waals surface area contributed by atoms with Gasteiger partial charge in [0, 0.05) is 0 Å². The molecule has 0 saturated carbocycles. The molecule has 0 unspecified atom stereocenters. The van der Waals surface area contributed by atoms with Gasteiger partial charge in [0.1, 0.15) is 20.2 Å². The predicted molar refractivity (Wildman–Crippen MR) is 452 cm³/mol. The van der Waals surface area contributed by atoms with Crippen molar-refractivity contribution in [3.05, 3.63) is 107 Å². The molecule has 0 aliphatic rings. The van der Waals surface area contributed by atoms with Crippen molar-refractivity contribution in [3.8, 4) is 0 Å². The molecule has 0 radical (unpaired) electrons. The van der Waals surface area contributed by atoms with Crippen LogP contribution in [-0.4, -0.2) is 114 Å². The summed E-state index contributed by atoms with van der Waals surface area (Å²) in [6.45, 7) is 9.45. The van der Waals surface area contributed by atoms with Crippen molar-refractivity contribution in [2.24, 2.45) is 0 Å². The number of ether oxygens (including phenoxy) is 4. The van der Waals surface area contributed by atoms with E-state index in [1.807, 2.05) is 0 Å². The fraction of sp³-hybridized carbons (Fsp3) is 0.739. The molecule has 0 spiro atoms. The van der Waals surface area contributed by atoms with Crippen molar-refractivity contribution < 1.29 is 64.1 Å². The van der Waals surface area contributed by atoms with Crippen molar-refractivity contribution in [1.82, 2.24) is 0 Å². The molecule has 17 heteroatoms. The van der Waals surface area contributed by atoms with Gasteiger partial charge in [-0.2, -0.15) is 0 Å². The summed E-state index contributed by atoms with van der Waals surface area (Å²) < 4.78 is 93.4. The van der Waals surface area contributed by atoms with Crippen LogP contribution < -0.4 is 0 Å². The average Bonchev–Trinajstić information content (AvgIpc) is 0.798. The fourth-order valence-electron chi connectivity index (χ4n) is 13.3. The molecule has 0 bridgehead atoms. The van der Waals surface area contributed by atoms with E-state index in [4.69, 9.17) is 18.9 Å². The zero-order valence-electron chi connectivity index (χ0n) is 69.6. The Kier molecular flexibility index (Phi) is 74.4. The van der Waals surface area contributed by atoms with Gasteiger partial charge in [0.15, 0.2) is 0 Å². The molecule has 0 aromatic heterocycles. The van der Waals surface area contributed by atoms with Crippen LogP contribution in [0.3, 0.4) is 0 Å². The Balaban J connectivity index is 0.00000212. The third-order valence-corrected chi connectivity index (χ3v) is 21.8. The molecule has 620 valence electrons. The van der Waals surface area contributed by atoms with E-state index in [0.717, 1.165) is 141 Å². The number of benzene rings is 2. The Morgan fingerprint density at radius 3 is 0.606 bits per heavy atom. The standard InChI is InChI=1S/2C46H78O7S.Ca/c2*1-3-5-7-9-11-13-15-17-19-21-23-25-27-29-31-33-35-40-52-45(47)42-38-37-39-43(54(49,50)51)44(42)46(48)53-41-36-34-32-30-28-26-24-22-20-18-16-14-12-10-8-6-4-2;/h2*23-26,37-39H,3-22,27-36,40-41H2,1-2H3,(H,49,50,51);/q;;+2/p-2/b2*25-23+,26-24+;. The van der Waals surface area contributed by atoms with Gasteiger partial charge in [-0.1, -0.05) is 345 Å². The maximum Gasteiger partial charge on any atom is 2.00 e. The maximum atomic E-state index is 13.0. The number of unbranched alkanes of at least 4 members (excludes halogenated alkanes) is 52. The van der Waals surface area contributed by atoms with Crippen molar-refractivity contribution in [2.45, 2.75) is 423 Å². The van der Waals surface area contributed by atoms with Crippen LogP contribution in [-0.2, 0) is 39.2 Å². The minimum atomic E-state index is -5.02. The van der Waals surface area contributed by atoms with Crippen LogP contribution in [0, 0.1) is 0 Å². The zero-order valence-corrected chi connectivity index (χ0v) is 73.4. The fourth-order valence-corrected chi connectivity index (χ4v) is 14.7. The number of carbonyl (C=O) groups excluding carboxylic acids is 4. The molecule has 0 atom stereocenters. The second-order valence-electron chi connectivity index (χ2n) is 30.0. The molecule has 0 N–H and O–H groups in total. The molecule has 0 saturated heterocycles. The Morgan fingerprint density at radius 2 is 0.422 bits per heavy atom. The summed E-state index contributed by atoms with van der Waals surface area (Å²) in [5.41, 5.74) is -1.60. The summed E-state index contributed by atoms with van der Waals surface area (Å²) in [5, 5.41) is 0. The number of allylic oxidation sites excluding steroid dienone is 8. The van der Waals surface area contributed by atoms with E-state index in [1.165, 1.54) is 255 Å². The molecule has 2 aromatic carbocycles. The van der Waals surface area contributed by atoms with Crippen LogP contribution >= 0.6 is 0 Å². The monoisotopic (exact) mass is 1590 g/mol. The van der Waals surface area contributed by atoms with Crippen molar-refractivity contribution in [2.75, 3.05) is 26.4 Å². The van der Waals surface area contributed by atoms with E-state index >= 15 is 0 Å². The van der Waals surface area contributed by atoms with Gasteiger partial charge in [0.2, 0.25) is 0 Å². The maximum absolute atomic E-state index is 13.0. The normalized spacial score (nSPS) is 11.8. The quantitative estimate of drug-likeness (QED) is 0.0150. The van der Waals surface area contributed by atoms with Gasteiger partial charge < -0.3 is 28.1 Å². The smallest absolute Gasteiger partial charge is 0.744 e. The SMILES string of the molecule is CCCCCCCCCCC/C=C/CCCCCCOC(=O)c1cccc(S(=O)(=O)[O-])c1C(=O)OCCCCCC/C=C/CCCCCCCCCCC.CCCCCCCCCCC/C=C/CCCCCCOC(=O)c1cccc(S(=O)(=O)[O-])c1C(=O)OCCCCCC/C=C/CCCCCCCCCCC.[Ca+2]. The van der Waals surface area contributed by atoms with Crippen LogP contribution in [0.15, 0.2) is 94.8 Å². The topological polar surface area (TPSA) is 220 Å². The molecule has 0 aliphatic heterocycles. The van der Waals surface area contributed by atoms with Gasteiger partial charge in [-0.05, 0) is 153 Å². The third-order valence-electron chi connectivity index (χ3n) is 20.0. The molecule has 0 amide bonds. The molecule has 2 rings (SSSR count). The minimum absolute atomic E-state index is 0. The Bertz CT molecular complexity index is 2670. The molecular formula is C92H154CaO14S2. The molecule has 2 aromatic rings. The van der Waals surface area contributed by atoms with Crippen LogP contribution in [0.4, 0.5) is 0 Å². The molecular weight excluding hydrogens is 1430 g/mol. The van der Waals surface area contributed by atoms with Crippen molar-refractivity contribution >= 4 is 81.9 Å². The summed E-state index contributed by atoms with van der Waals surface area (Å²) in [6.07, 6.45) is 89.4. The Morgan fingerprint density at radius 1 is 0.257 bits per heavy atom. The largest absolute Gasteiger partial charge is 2.00 e. The minimum Gasteiger partial charge on any atom is -0.744 e. The summed E-state index contributed by atoms with van der Waals surface area (Å²) in [4.78, 5) is 50.3. The van der Waals surface area contributed by atoms with E-state index in [9.17, 15) is 45.1 Å². The number of rotatable bonds is 74.